The molecule has 27 heavy (non-hydrogen) atoms. The monoisotopic (exact) mass is 388 g/mol. The highest BCUT2D eigenvalue weighted by molar-refractivity contribution is 7.92. The van der Waals surface area contributed by atoms with E-state index in [0.29, 0.717) is 11.3 Å². The van der Waals surface area contributed by atoms with Gasteiger partial charge in [-0.15, -0.1) is 0 Å². The molecular weight excluding hydrogens is 360 g/mol. The molecule has 0 saturated carbocycles. The van der Waals surface area contributed by atoms with Crippen LogP contribution in [0, 0.1) is 0 Å². The standard InChI is InChI=1S/C21H28N2O3S/c1-4-5-7-10-17(2)22-21(24)18-13-15-20(16-14-18)27(25,26)23(3)19-11-8-6-9-12-19/h6,8-9,11-17H,4-5,7,10H2,1-3H3,(H,22,24)/t17-/m1/s1. The number of nitrogens with zero attached hydrogens (tertiary/aromatic N) is 1. The maximum atomic E-state index is 12.8. The number of carbonyl (C=O) groups is 1. The van der Waals surface area contributed by atoms with Crippen LogP contribution in [0.3, 0.4) is 0 Å². The summed E-state index contributed by atoms with van der Waals surface area (Å²) in [4.78, 5) is 12.5. The van der Waals surface area contributed by atoms with Gasteiger partial charge in [0.1, 0.15) is 0 Å². The van der Waals surface area contributed by atoms with Crippen molar-refractivity contribution < 1.29 is 13.2 Å². The number of sulfonamides is 1. The van der Waals surface area contributed by atoms with Gasteiger partial charge in [0.2, 0.25) is 0 Å². The lowest BCUT2D eigenvalue weighted by Crippen LogP contribution is -2.32. The lowest BCUT2D eigenvalue weighted by atomic mass is 10.1. The summed E-state index contributed by atoms with van der Waals surface area (Å²) in [7, 11) is -2.15. The molecule has 2 rings (SSSR count). The van der Waals surface area contributed by atoms with Crippen LogP contribution in [-0.2, 0) is 10.0 Å². The van der Waals surface area contributed by atoms with Gasteiger partial charge in [0, 0.05) is 18.7 Å². The van der Waals surface area contributed by atoms with E-state index >= 15 is 0 Å². The molecule has 1 amide bonds. The van der Waals surface area contributed by atoms with Gasteiger partial charge in [0.05, 0.1) is 10.6 Å². The molecule has 2 aromatic rings. The predicted octanol–water partition coefficient (Wildman–Crippen LogP) is 4.21. The van der Waals surface area contributed by atoms with Gasteiger partial charge in [0.15, 0.2) is 0 Å². The van der Waals surface area contributed by atoms with Crippen molar-refractivity contribution in [2.75, 3.05) is 11.4 Å². The van der Waals surface area contributed by atoms with E-state index in [4.69, 9.17) is 0 Å². The second kappa shape index (κ2) is 9.55. The van der Waals surface area contributed by atoms with Crippen molar-refractivity contribution in [3.8, 4) is 0 Å². The number of carbonyl (C=O) groups excluding carboxylic acids is 1. The van der Waals surface area contributed by atoms with E-state index in [1.165, 1.54) is 23.5 Å². The molecule has 0 fully saturated rings. The van der Waals surface area contributed by atoms with E-state index < -0.39 is 10.0 Å². The lowest BCUT2D eigenvalue weighted by molar-refractivity contribution is 0.0938. The number of hydrogen-bond donors (Lipinski definition) is 1. The highest BCUT2D eigenvalue weighted by Crippen LogP contribution is 2.22. The molecule has 0 unspecified atom stereocenters. The molecule has 0 spiro atoms. The highest BCUT2D eigenvalue weighted by Gasteiger charge is 2.21. The first-order valence-electron chi connectivity index (χ1n) is 9.31. The van der Waals surface area contributed by atoms with Gasteiger partial charge in [-0.3, -0.25) is 9.10 Å². The third-order valence-corrected chi connectivity index (χ3v) is 6.31. The molecule has 0 saturated heterocycles. The topological polar surface area (TPSA) is 66.5 Å². The van der Waals surface area contributed by atoms with Crippen LogP contribution >= 0.6 is 0 Å². The van der Waals surface area contributed by atoms with Crippen LogP contribution in [-0.4, -0.2) is 27.4 Å². The van der Waals surface area contributed by atoms with Crippen LogP contribution in [0.1, 0.15) is 49.9 Å². The number of rotatable bonds is 9. The number of nitrogens with one attached hydrogen (secondary N) is 1. The van der Waals surface area contributed by atoms with Crippen LogP contribution in [0.5, 0.6) is 0 Å². The van der Waals surface area contributed by atoms with Crippen molar-refractivity contribution in [2.24, 2.45) is 0 Å². The Hall–Kier alpha value is -2.34. The first-order valence-corrected chi connectivity index (χ1v) is 10.7. The van der Waals surface area contributed by atoms with Gasteiger partial charge in [-0.1, -0.05) is 44.4 Å². The van der Waals surface area contributed by atoms with Crippen LogP contribution in [0.15, 0.2) is 59.5 Å². The van der Waals surface area contributed by atoms with Crippen molar-refractivity contribution in [3.63, 3.8) is 0 Å². The van der Waals surface area contributed by atoms with Gasteiger partial charge < -0.3 is 5.32 Å². The van der Waals surface area contributed by atoms with E-state index in [0.717, 1.165) is 25.7 Å². The zero-order valence-corrected chi connectivity index (χ0v) is 17.0. The van der Waals surface area contributed by atoms with Crippen LogP contribution in [0.25, 0.3) is 0 Å². The first kappa shape index (κ1) is 21.0. The van der Waals surface area contributed by atoms with Crippen molar-refractivity contribution in [1.29, 1.82) is 0 Å². The van der Waals surface area contributed by atoms with E-state index in [-0.39, 0.29) is 16.8 Å². The van der Waals surface area contributed by atoms with Gasteiger partial charge >= 0.3 is 0 Å². The normalized spacial score (nSPS) is 12.4. The molecule has 0 radical (unpaired) electrons. The molecule has 1 N–H and O–H groups in total. The third kappa shape index (κ3) is 5.57. The molecule has 2 aromatic carbocycles. The molecule has 146 valence electrons. The molecule has 0 heterocycles. The van der Waals surface area contributed by atoms with Crippen molar-refractivity contribution in [3.05, 3.63) is 60.2 Å². The van der Waals surface area contributed by atoms with Crippen LogP contribution < -0.4 is 9.62 Å². The predicted molar refractivity (Wildman–Crippen MR) is 110 cm³/mol. The van der Waals surface area contributed by atoms with Crippen molar-refractivity contribution >= 4 is 21.6 Å². The average molecular weight is 389 g/mol. The SMILES string of the molecule is CCCCC[C@@H](C)NC(=O)c1ccc(S(=O)(=O)N(C)c2ccccc2)cc1. The van der Waals surface area contributed by atoms with Crippen molar-refractivity contribution in [2.45, 2.75) is 50.5 Å². The smallest absolute Gasteiger partial charge is 0.264 e. The Morgan fingerprint density at radius 3 is 2.26 bits per heavy atom. The summed E-state index contributed by atoms with van der Waals surface area (Å²) in [5.74, 6) is -0.181. The Bertz CT molecular complexity index is 833. The van der Waals surface area contributed by atoms with Crippen molar-refractivity contribution in [1.82, 2.24) is 5.32 Å². The summed E-state index contributed by atoms with van der Waals surface area (Å²) >= 11 is 0. The summed E-state index contributed by atoms with van der Waals surface area (Å²) < 4.78 is 26.8. The Morgan fingerprint density at radius 2 is 1.67 bits per heavy atom. The maximum absolute atomic E-state index is 12.8. The van der Waals surface area contributed by atoms with Gasteiger partial charge in [0.25, 0.3) is 15.9 Å². The molecule has 1 atom stereocenters. The minimum atomic E-state index is -3.67. The van der Waals surface area contributed by atoms with E-state index in [1.807, 2.05) is 13.0 Å². The van der Waals surface area contributed by atoms with Crippen LogP contribution in [0.4, 0.5) is 5.69 Å². The molecule has 0 bridgehead atoms. The maximum Gasteiger partial charge on any atom is 0.264 e. The first-order chi connectivity index (χ1) is 12.9. The summed E-state index contributed by atoms with van der Waals surface area (Å²) in [5.41, 5.74) is 1.04. The zero-order valence-electron chi connectivity index (χ0n) is 16.2. The van der Waals surface area contributed by atoms with E-state index in [9.17, 15) is 13.2 Å². The quantitative estimate of drug-likeness (QED) is 0.654. The summed E-state index contributed by atoms with van der Waals surface area (Å²) in [6, 6.07) is 15.0. The van der Waals surface area contributed by atoms with E-state index in [2.05, 4.69) is 12.2 Å². The molecule has 0 aliphatic carbocycles. The second-order valence-corrected chi connectivity index (χ2v) is 8.67. The minimum absolute atomic E-state index is 0.0941. The number of unbranched alkanes of at least 4 members (excludes halogenated alkanes) is 2. The number of hydrogen-bond acceptors (Lipinski definition) is 3. The fraction of sp³-hybridized carbons (Fsp3) is 0.381. The van der Waals surface area contributed by atoms with Gasteiger partial charge in [-0.2, -0.15) is 0 Å². The fourth-order valence-corrected chi connectivity index (χ4v) is 3.99. The average Bonchev–Trinajstić information content (AvgIpc) is 2.68. The third-order valence-electron chi connectivity index (χ3n) is 4.51. The van der Waals surface area contributed by atoms with Gasteiger partial charge in [-0.25, -0.2) is 8.42 Å². The molecule has 0 aromatic heterocycles. The summed E-state index contributed by atoms with van der Waals surface area (Å²) in [6.45, 7) is 4.13. The Labute approximate surface area is 162 Å². The Morgan fingerprint density at radius 1 is 1.04 bits per heavy atom. The van der Waals surface area contributed by atoms with E-state index in [1.54, 1.807) is 36.4 Å². The molecule has 5 nitrogen and oxygen atoms in total. The minimum Gasteiger partial charge on any atom is -0.350 e. The molecular formula is C21H28N2O3S. The fourth-order valence-electron chi connectivity index (χ4n) is 2.79. The molecule has 0 aliphatic rings. The highest BCUT2D eigenvalue weighted by atomic mass is 32.2. The number of anilines is 1. The summed E-state index contributed by atoms with van der Waals surface area (Å²) in [5, 5.41) is 2.96. The number of benzene rings is 2. The second-order valence-electron chi connectivity index (χ2n) is 6.70. The van der Waals surface area contributed by atoms with Gasteiger partial charge in [-0.05, 0) is 49.7 Å². The molecule has 6 heteroatoms. The van der Waals surface area contributed by atoms with Crippen LogP contribution in [0.2, 0.25) is 0 Å². The largest absolute Gasteiger partial charge is 0.350 e. The number of para-hydroxylation sites is 1. The Kier molecular flexibility index (Phi) is 7.42. The summed E-state index contributed by atoms with van der Waals surface area (Å²) in [6.07, 6.45) is 4.32. The zero-order chi connectivity index (χ0) is 19.9. The lowest BCUT2D eigenvalue weighted by Gasteiger charge is -2.19. The number of amides is 1. The molecule has 0 aliphatic heterocycles. The Balaban J connectivity index is 2.06.